The van der Waals surface area contributed by atoms with Crippen molar-refractivity contribution < 1.29 is 22.7 Å². The summed E-state index contributed by atoms with van der Waals surface area (Å²) in [6.07, 6.45) is 0. The molecule has 0 unspecified atom stereocenters. The maximum Gasteiger partial charge on any atom is 0.259 e. The highest BCUT2D eigenvalue weighted by molar-refractivity contribution is 8.14. The average Bonchev–Trinajstić information content (AvgIpc) is 3.27. The Bertz CT molecular complexity index is 894. The van der Waals surface area contributed by atoms with E-state index in [0.29, 0.717) is 75.6 Å². The highest BCUT2D eigenvalue weighted by Gasteiger charge is 2.29. The van der Waals surface area contributed by atoms with Crippen LogP contribution in [0.5, 0.6) is 0 Å². The van der Waals surface area contributed by atoms with Gasteiger partial charge < -0.3 is 19.7 Å². The van der Waals surface area contributed by atoms with E-state index in [4.69, 9.17) is 9.47 Å². The zero-order valence-electron chi connectivity index (χ0n) is 16.0. The Morgan fingerprint density at radius 1 is 1.07 bits per heavy atom. The number of amides is 1. The summed E-state index contributed by atoms with van der Waals surface area (Å²) in [5.74, 6) is 0.482. The van der Waals surface area contributed by atoms with Gasteiger partial charge in [-0.25, -0.2) is 8.42 Å². The molecule has 4 rings (SSSR count). The molecule has 0 aliphatic carbocycles. The van der Waals surface area contributed by atoms with Crippen molar-refractivity contribution in [2.24, 2.45) is 4.99 Å². The SMILES string of the molecule is O=C(NC1=NCCS1)c1cc(S(=O)(=O)N2CCOCC2)ccc1N1CCOCC1. The van der Waals surface area contributed by atoms with Crippen molar-refractivity contribution in [2.75, 3.05) is 69.8 Å². The molecule has 1 aromatic rings. The van der Waals surface area contributed by atoms with Crippen LogP contribution in [0.1, 0.15) is 10.4 Å². The highest BCUT2D eigenvalue weighted by Crippen LogP contribution is 2.27. The fourth-order valence-electron chi connectivity index (χ4n) is 3.45. The van der Waals surface area contributed by atoms with Crippen LogP contribution in [0, 0.1) is 0 Å². The zero-order chi connectivity index (χ0) is 20.3. The Labute approximate surface area is 174 Å². The number of anilines is 1. The van der Waals surface area contributed by atoms with Gasteiger partial charge in [0.15, 0.2) is 5.17 Å². The van der Waals surface area contributed by atoms with Crippen LogP contribution >= 0.6 is 11.8 Å². The molecule has 9 nitrogen and oxygen atoms in total. The molecule has 0 radical (unpaired) electrons. The molecule has 29 heavy (non-hydrogen) atoms. The molecule has 11 heteroatoms. The van der Waals surface area contributed by atoms with Crippen LogP contribution in [0.4, 0.5) is 5.69 Å². The molecule has 158 valence electrons. The van der Waals surface area contributed by atoms with E-state index in [1.165, 1.54) is 22.1 Å². The molecule has 1 amide bonds. The Hall–Kier alpha value is -1.66. The molecule has 0 atom stereocenters. The minimum Gasteiger partial charge on any atom is -0.379 e. The minimum absolute atomic E-state index is 0.113. The summed E-state index contributed by atoms with van der Waals surface area (Å²) in [4.78, 5) is 19.5. The molecule has 2 saturated heterocycles. The van der Waals surface area contributed by atoms with E-state index in [1.807, 2.05) is 4.90 Å². The molecule has 2 fully saturated rings. The summed E-state index contributed by atoms with van der Waals surface area (Å²) in [6.45, 7) is 4.45. The summed E-state index contributed by atoms with van der Waals surface area (Å²) < 4.78 is 38.2. The van der Waals surface area contributed by atoms with Crippen LogP contribution in [0.25, 0.3) is 0 Å². The van der Waals surface area contributed by atoms with Crippen molar-refractivity contribution in [3.8, 4) is 0 Å². The van der Waals surface area contributed by atoms with E-state index in [-0.39, 0.29) is 10.8 Å². The number of thioether (sulfide) groups is 1. The van der Waals surface area contributed by atoms with Crippen molar-refractivity contribution in [3.63, 3.8) is 0 Å². The van der Waals surface area contributed by atoms with Gasteiger partial charge in [-0.05, 0) is 18.2 Å². The number of benzene rings is 1. The van der Waals surface area contributed by atoms with Crippen molar-refractivity contribution in [2.45, 2.75) is 4.90 Å². The van der Waals surface area contributed by atoms with Crippen molar-refractivity contribution >= 4 is 38.5 Å². The van der Waals surface area contributed by atoms with Crippen molar-refractivity contribution in [1.82, 2.24) is 9.62 Å². The number of hydrogen-bond donors (Lipinski definition) is 1. The summed E-state index contributed by atoms with van der Waals surface area (Å²) >= 11 is 1.48. The van der Waals surface area contributed by atoms with Gasteiger partial charge in [-0.15, -0.1) is 0 Å². The number of ether oxygens (including phenoxy) is 2. The number of amidine groups is 1. The fraction of sp³-hybridized carbons (Fsp3) is 0.556. The number of rotatable bonds is 4. The first-order valence-electron chi connectivity index (χ1n) is 9.59. The van der Waals surface area contributed by atoms with E-state index in [1.54, 1.807) is 12.1 Å². The Morgan fingerprint density at radius 2 is 1.76 bits per heavy atom. The van der Waals surface area contributed by atoms with Crippen LogP contribution in [-0.4, -0.2) is 88.7 Å². The lowest BCUT2D eigenvalue weighted by Gasteiger charge is -2.31. The van der Waals surface area contributed by atoms with Crippen molar-refractivity contribution in [1.29, 1.82) is 0 Å². The number of carbonyl (C=O) groups excluding carboxylic acids is 1. The van der Waals surface area contributed by atoms with Crippen LogP contribution in [0.2, 0.25) is 0 Å². The predicted molar refractivity (Wildman–Crippen MR) is 111 cm³/mol. The van der Waals surface area contributed by atoms with Gasteiger partial charge in [-0.3, -0.25) is 9.79 Å². The summed E-state index contributed by atoms with van der Waals surface area (Å²) in [6, 6.07) is 4.77. The van der Waals surface area contributed by atoms with Gasteiger partial charge in [0.25, 0.3) is 5.91 Å². The quantitative estimate of drug-likeness (QED) is 0.722. The number of nitrogens with zero attached hydrogens (tertiary/aromatic N) is 3. The standard InChI is InChI=1S/C18H24N4O5S2/c23-17(20-18-19-3-12-28-18)15-13-14(29(24,25)22-6-10-27-11-7-22)1-2-16(15)21-4-8-26-9-5-21/h1-2,13H,3-12H2,(H,19,20,23). The van der Waals surface area contributed by atoms with Gasteiger partial charge in [0, 0.05) is 37.6 Å². The first kappa shape index (κ1) is 20.6. The molecule has 1 aromatic carbocycles. The zero-order valence-corrected chi connectivity index (χ0v) is 17.6. The molecule has 3 aliphatic rings. The molecule has 3 aliphatic heterocycles. The van der Waals surface area contributed by atoms with E-state index >= 15 is 0 Å². The average molecular weight is 441 g/mol. The second-order valence-electron chi connectivity index (χ2n) is 6.78. The second-order valence-corrected chi connectivity index (χ2v) is 9.81. The Morgan fingerprint density at radius 3 is 2.41 bits per heavy atom. The Balaban J connectivity index is 1.67. The number of carbonyl (C=O) groups is 1. The van der Waals surface area contributed by atoms with Gasteiger partial charge in [-0.2, -0.15) is 4.31 Å². The third kappa shape index (κ3) is 4.58. The maximum absolute atomic E-state index is 13.1. The first-order chi connectivity index (χ1) is 14.1. The monoisotopic (exact) mass is 440 g/mol. The summed E-state index contributed by atoms with van der Waals surface area (Å²) in [7, 11) is -3.70. The molecular weight excluding hydrogens is 416 g/mol. The normalized spacial score (nSPS) is 21.1. The lowest BCUT2D eigenvalue weighted by Crippen LogP contribution is -2.41. The molecule has 0 aromatic heterocycles. The van der Waals surface area contributed by atoms with E-state index in [2.05, 4.69) is 10.3 Å². The molecule has 1 N–H and O–H groups in total. The van der Waals surface area contributed by atoms with Crippen LogP contribution in [0.3, 0.4) is 0 Å². The summed E-state index contributed by atoms with van der Waals surface area (Å²) in [5.41, 5.74) is 1.03. The van der Waals surface area contributed by atoms with Crippen LogP contribution < -0.4 is 10.2 Å². The Kier molecular flexibility index (Phi) is 6.40. The van der Waals surface area contributed by atoms with Crippen molar-refractivity contribution in [3.05, 3.63) is 23.8 Å². The van der Waals surface area contributed by atoms with Gasteiger partial charge in [0.1, 0.15) is 0 Å². The third-order valence-electron chi connectivity index (χ3n) is 4.98. The highest BCUT2D eigenvalue weighted by atomic mass is 32.2. The lowest BCUT2D eigenvalue weighted by atomic mass is 10.1. The maximum atomic E-state index is 13.1. The minimum atomic E-state index is -3.70. The van der Waals surface area contributed by atoms with Gasteiger partial charge in [0.05, 0.1) is 43.4 Å². The molecule has 0 saturated carbocycles. The van der Waals surface area contributed by atoms with E-state index in [9.17, 15) is 13.2 Å². The van der Waals surface area contributed by atoms with Gasteiger partial charge in [0.2, 0.25) is 10.0 Å². The first-order valence-corrected chi connectivity index (χ1v) is 12.0. The van der Waals surface area contributed by atoms with Gasteiger partial charge >= 0.3 is 0 Å². The predicted octanol–water partition coefficient (Wildman–Crippen LogP) is 0.377. The number of hydrogen-bond acceptors (Lipinski definition) is 8. The number of nitrogens with one attached hydrogen (secondary N) is 1. The van der Waals surface area contributed by atoms with Crippen LogP contribution in [0.15, 0.2) is 28.1 Å². The van der Waals surface area contributed by atoms with E-state index < -0.39 is 10.0 Å². The molecule has 0 bridgehead atoms. The number of aliphatic imine (C=N–C) groups is 1. The van der Waals surface area contributed by atoms with Gasteiger partial charge in [-0.1, -0.05) is 11.8 Å². The van der Waals surface area contributed by atoms with E-state index in [0.717, 1.165) is 5.75 Å². The smallest absolute Gasteiger partial charge is 0.259 e. The molecule has 0 spiro atoms. The number of sulfonamides is 1. The second kappa shape index (κ2) is 9.00. The van der Waals surface area contributed by atoms with Crippen LogP contribution in [-0.2, 0) is 19.5 Å². The molecular formula is C18H24N4O5S2. The summed E-state index contributed by atoms with van der Waals surface area (Å²) in [5, 5.41) is 3.39. The fourth-order valence-corrected chi connectivity index (χ4v) is 5.61. The largest absolute Gasteiger partial charge is 0.379 e. The topological polar surface area (TPSA) is 101 Å². The molecule has 3 heterocycles. The third-order valence-corrected chi connectivity index (χ3v) is 7.76. The number of morpholine rings is 2. The lowest BCUT2D eigenvalue weighted by molar-refractivity contribution is 0.0730.